The van der Waals surface area contributed by atoms with E-state index in [1.54, 1.807) is 6.20 Å². The summed E-state index contributed by atoms with van der Waals surface area (Å²) in [6.07, 6.45) is 1.75. The number of hydrogen-bond acceptors (Lipinski definition) is 3. The Morgan fingerprint density at radius 1 is 1.11 bits per heavy atom. The standard InChI is InChI=1S/C15H18N2O/c1-10-6-13(9-16)7-11(2)15(10)18-14-4-5-17-12(3)8-14/h4-8H,9,16H2,1-3H3. The Bertz CT molecular complexity index is 541. The first-order chi connectivity index (χ1) is 8.60. The highest BCUT2D eigenvalue weighted by molar-refractivity contribution is 5.45. The fraction of sp³-hybridized carbons (Fsp3) is 0.267. The molecule has 0 unspecified atom stereocenters. The van der Waals surface area contributed by atoms with Gasteiger partial charge in [-0.3, -0.25) is 4.98 Å². The molecule has 2 aromatic rings. The number of ether oxygens (including phenoxy) is 1. The summed E-state index contributed by atoms with van der Waals surface area (Å²) in [5, 5.41) is 0. The smallest absolute Gasteiger partial charge is 0.133 e. The van der Waals surface area contributed by atoms with Gasteiger partial charge in [-0.1, -0.05) is 12.1 Å². The lowest BCUT2D eigenvalue weighted by molar-refractivity contribution is 0.473. The minimum absolute atomic E-state index is 0.552. The number of rotatable bonds is 3. The van der Waals surface area contributed by atoms with Crippen LogP contribution in [0.4, 0.5) is 0 Å². The maximum absolute atomic E-state index is 5.94. The SMILES string of the molecule is Cc1cc(Oc2c(C)cc(CN)cc2C)ccn1. The summed E-state index contributed by atoms with van der Waals surface area (Å²) in [6, 6.07) is 7.92. The Kier molecular flexibility index (Phi) is 3.63. The van der Waals surface area contributed by atoms with E-state index in [9.17, 15) is 0 Å². The van der Waals surface area contributed by atoms with E-state index in [1.807, 2.05) is 32.9 Å². The molecule has 0 atom stereocenters. The van der Waals surface area contributed by atoms with Gasteiger partial charge in [0, 0.05) is 24.5 Å². The molecule has 0 aliphatic heterocycles. The average Bonchev–Trinajstić information content (AvgIpc) is 2.33. The van der Waals surface area contributed by atoms with E-state index in [0.29, 0.717) is 6.54 Å². The summed E-state index contributed by atoms with van der Waals surface area (Å²) in [6.45, 7) is 6.57. The topological polar surface area (TPSA) is 48.1 Å². The molecule has 1 aromatic heterocycles. The lowest BCUT2D eigenvalue weighted by atomic mass is 10.1. The molecule has 1 aromatic carbocycles. The van der Waals surface area contributed by atoms with Gasteiger partial charge in [-0.05, 0) is 43.5 Å². The fourth-order valence-electron chi connectivity index (χ4n) is 2.02. The van der Waals surface area contributed by atoms with Gasteiger partial charge in [0.2, 0.25) is 0 Å². The van der Waals surface area contributed by atoms with Crippen molar-refractivity contribution in [2.45, 2.75) is 27.3 Å². The molecule has 0 bridgehead atoms. The minimum Gasteiger partial charge on any atom is -0.457 e. The van der Waals surface area contributed by atoms with Gasteiger partial charge in [0.25, 0.3) is 0 Å². The van der Waals surface area contributed by atoms with Crippen LogP contribution in [-0.2, 0) is 6.54 Å². The largest absolute Gasteiger partial charge is 0.457 e. The van der Waals surface area contributed by atoms with Crippen LogP contribution in [0.1, 0.15) is 22.4 Å². The Morgan fingerprint density at radius 2 is 1.78 bits per heavy atom. The van der Waals surface area contributed by atoms with Crippen LogP contribution in [0, 0.1) is 20.8 Å². The van der Waals surface area contributed by atoms with Gasteiger partial charge < -0.3 is 10.5 Å². The zero-order valence-electron chi connectivity index (χ0n) is 11.0. The highest BCUT2D eigenvalue weighted by atomic mass is 16.5. The molecule has 0 fully saturated rings. The van der Waals surface area contributed by atoms with E-state index in [2.05, 4.69) is 17.1 Å². The van der Waals surface area contributed by atoms with Crippen LogP contribution >= 0.6 is 0 Å². The molecule has 0 radical (unpaired) electrons. The molecule has 0 saturated carbocycles. The number of benzene rings is 1. The molecule has 0 saturated heterocycles. The van der Waals surface area contributed by atoms with Gasteiger partial charge in [-0.25, -0.2) is 0 Å². The molecule has 0 aliphatic carbocycles. The number of aryl methyl sites for hydroxylation is 3. The first-order valence-electron chi connectivity index (χ1n) is 6.01. The second-order valence-corrected chi connectivity index (χ2v) is 4.50. The number of pyridine rings is 1. The molecule has 94 valence electrons. The first-order valence-corrected chi connectivity index (χ1v) is 6.01. The monoisotopic (exact) mass is 242 g/mol. The lowest BCUT2D eigenvalue weighted by Gasteiger charge is -2.13. The van der Waals surface area contributed by atoms with Crippen molar-refractivity contribution < 1.29 is 4.74 Å². The first kappa shape index (κ1) is 12.6. The highest BCUT2D eigenvalue weighted by Crippen LogP contribution is 2.29. The van der Waals surface area contributed by atoms with Crippen molar-refractivity contribution in [3.63, 3.8) is 0 Å². The van der Waals surface area contributed by atoms with Gasteiger partial charge in [-0.2, -0.15) is 0 Å². The van der Waals surface area contributed by atoms with Crippen molar-refractivity contribution >= 4 is 0 Å². The van der Waals surface area contributed by atoms with Crippen LogP contribution in [0.15, 0.2) is 30.5 Å². The molecule has 2 N–H and O–H groups in total. The number of nitrogens with two attached hydrogens (primary N) is 1. The van der Waals surface area contributed by atoms with Gasteiger partial charge >= 0.3 is 0 Å². The molecule has 0 amide bonds. The average molecular weight is 242 g/mol. The predicted octanol–water partition coefficient (Wildman–Crippen LogP) is 3.26. The van der Waals surface area contributed by atoms with E-state index < -0.39 is 0 Å². The van der Waals surface area contributed by atoms with Crippen molar-refractivity contribution in [2.75, 3.05) is 0 Å². The molecule has 1 heterocycles. The number of aromatic nitrogens is 1. The second kappa shape index (κ2) is 5.19. The Balaban J connectivity index is 2.35. The number of nitrogens with zero attached hydrogens (tertiary/aromatic N) is 1. The van der Waals surface area contributed by atoms with Crippen LogP contribution in [-0.4, -0.2) is 4.98 Å². The van der Waals surface area contributed by atoms with E-state index in [0.717, 1.165) is 33.9 Å². The van der Waals surface area contributed by atoms with E-state index in [1.165, 1.54) is 0 Å². The summed E-state index contributed by atoms with van der Waals surface area (Å²) in [5.41, 5.74) is 9.94. The Labute approximate surface area is 108 Å². The minimum atomic E-state index is 0.552. The molecule has 0 spiro atoms. The summed E-state index contributed by atoms with van der Waals surface area (Å²) in [4.78, 5) is 4.16. The molecule has 18 heavy (non-hydrogen) atoms. The summed E-state index contributed by atoms with van der Waals surface area (Å²) >= 11 is 0. The molecular weight excluding hydrogens is 224 g/mol. The van der Waals surface area contributed by atoms with Crippen LogP contribution in [0.2, 0.25) is 0 Å². The summed E-state index contributed by atoms with van der Waals surface area (Å²) < 4.78 is 5.94. The normalized spacial score (nSPS) is 10.4. The molecule has 2 rings (SSSR count). The fourth-order valence-corrected chi connectivity index (χ4v) is 2.02. The van der Waals surface area contributed by atoms with Crippen molar-refractivity contribution in [1.82, 2.24) is 4.98 Å². The zero-order valence-corrected chi connectivity index (χ0v) is 11.0. The van der Waals surface area contributed by atoms with Crippen molar-refractivity contribution in [3.8, 4) is 11.5 Å². The van der Waals surface area contributed by atoms with Crippen molar-refractivity contribution in [2.24, 2.45) is 5.73 Å². The van der Waals surface area contributed by atoms with E-state index in [4.69, 9.17) is 10.5 Å². The number of hydrogen-bond donors (Lipinski definition) is 1. The Morgan fingerprint density at radius 3 is 2.33 bits per heavy atom. The quantitative estimate of drug-likeness (QED) is 0.898. The van der Waals surface area contributed by atoms with Crippen molar-refractivity contribution in [1.29, 1.82) is 0 Å². The molecule has 3 heteroatoms. The van der Waals surface area contributed by atoms with Crippen LogP contribution in [0.3, 0.4) is 0 Å². The van der Waals surface area contributed by atoms with Crippen LogP contribution in [0.25, 0.3) is 0 Å². The van der Waals surface area contributed by atoms with E-state index in [-0.39, 0.29) is 0 Å². The highest BCUT2D eigenvalue weighted by Gasteiger charge is 2.07. The molecule has 0 aliphatic rings. The second-order valence-electron chi connectivity index (χ2n) is 4.50. The van der Waals surface area contributed by atoms with Gasteiger partial charge in [0.15, 0.2) is 0 Å². The third-order valence-electron chi connectivity index (χ3n) is 2.84. The van der Waals surface area contributed by atoms with Crippen LogP contribution in [0.5, 0.6) is 11.5 Å². The third-order valence-corrected chi connectivity index (χ3v) is 2.84. The summed E-state index contributed by atoms with van der Waals surface area (Å²) in [7, 11) is 0. The van der Waals surface area contributed by atoms with Gasteiger partial charge in [-0.15, -0.1) is 0 Å². The maximum Gasteiger partial charge on any atom is 0.133 e. The maximum atomic E-state index is 5.94. The lowest BCUT2D eigenvalue weighted by Crippen LogP contribution is -1.99. The van der Waals surface area contributed by atoms with Gasteiger partial charge in [0.05, 0.1) is 0 Å². The zero-order chi connectivity index (χ0) is 13.1. The Hall–Kier alpha value is -1.87. The third kappa shape index (κ3) is 2.68. The van der Waals surface area contributed by atoms with Crippen LogP contribution < -0.4 is 10.5 Å². The predicted molar refractivity (Wildman–Crippen MR) is 72.9 cm³/mol. The van der Waals surface area contributed by atoms with E-state index >= 15 is 0 Å². The van der Waals surface area contributed by atoms with Crippen molar-refractivity contribution in [3.05, 3.63) is 52.8 Å². The summed E-state index contributed by atoms with van der Waals surface area (Å²) in [5.74, 6) is 1.71. The molecule has 3 nitrogen and oxygen atoms in total. The van der Waals surface area contributed by atoms with Gasteiger partial charge in [0.1, 0.15) is 11.5 Å². The molecular formula is C15H18N2O.